The maximum Gasteiger partial charge on any atom is 0.263 e. The third-order valence-corrected chi connectivity index (χ3v) is 5.94. The maximum atomic E-state index is 12.8. The zero-order valence-corrected chi connectivity index (χ0v) is 16.4. The van der Waals surface area contributed by atoms with Gasteiger partial charge >= 0.3 is 0 Å². The van der Waals surface area contributed by atoms with Crippen LogP contribution in [0.2, 0.25) is 0 Å². The smallest absolute Gasteiger partial charge is 0.263 e. The number of anilines is 1. The van der Waals surface area contributed by atoms with Crippen LogP contribution in [0, 0.1) is 19.8 Å². The van der Waals surface area contributed by atoms with Crippen molar-refractivity contribution in [3.63, 3.8) is 0 Å². The standard InChI is InChI=1S/C20H25N3O2S/c1-4-15-10-17(26-14(15)3)20(25)23-9-5-6-16(12-23)19(24)22-18-8-7-13(2)11-21-18/h7-8,10-11,16H,4-6,9,12H2,1-3H3,(H,21,22,24). The van der Waals surface area contributed by atoms with Crippen molar-refractivity contribution < 1.29 is 9.59 Å². The second kappa shape index (κ2) is 7.99. The molecule has 1 aliphatic heterocycles. The first-order chi connectivity index (χ1) is 12.5. The van der Waals surface area contributed by atoms with Gasteiger partial charge in [-0.3, -0.25) is 9.59 Å². The van der Waals surface area contributed by atoms with Gasteiger partial charge in [0.25, 0.3) is 5.91 Å². The molecule has 1 atom stereocenters. The van der Waals surface area contributed by atoms with Crippen LogP contribution in [0.5, 0.6) is 0 Å². The van der Waals surface area contributed by atoms with Crippen LogP contribution in [0.15, 0.2) is 24.4 Å². The van der Waals surface area contributed by atoms with Gasteiger partial charge in [0.15, 0.2) is 0 Å². The van der Waals surface area contributed by atoms with Crippen LogP contribution in [0.3, 0.4) is 0 Å². The fraction of sp³-hybridized carbons (Fsp3) is 0.450. The Labute approximate surface area is 158 Å². The molecule has 0 saturated carbocycles. The van der Waals surface area contributed by atoms with Gasteiger partial charge in [-0.05, 0) is 56.4 Å². The second-order valence-electron chi connectivity index (χ2n) is 6.85. The van der Waals surface area contributed by atoms with E-state index in [1.807, 2.05) is 24.0 Å². The molecule has 3 heterocycles. The van der Waals surface area contributed by atoms with Crippen LogP contribution in [-0.4, -0.2) is 34.8 Å². The zero-order valence-electron chi connectivity index (χ0n) is 15.5. The lowest BCUT2D eigenvalue weighted by molar-refractivity contribution is -0.121. The number of piperidine rings is 1. The van der Waals surface area contributed by atoms with Crippen molar-refractivity contribution in [2.24, 2.45) is 5.92 Å². The van der Waals surface area contributed by atoms with Gasteiger partial charge in [0.05, 0.1) is 10.8 Å². The Hall–Kier alpha value is -2.21. The molecule has 1 saturated heterocycles. The molecule has 0 aliphatic carbocycles. The Balaban J connectivity index is 1.65. The van der Waals surface area contributed by atoms with Crippen LogP contribution < -0.4 is 5.32 Å². The third-order valence-electron chi connectivity index (χ3n) is 4.85. The highest BCUT2D eigenvalue weighted by atomic mass is 32.1. The first kappa shape index (κ1) is 18.6. The number of hydrogen-bond acceptors (Lipinski definition) is 4. The monoisotopic (exact) mass is 371 g/mol. The van der Waals surface area contributed by atoms with Crippen LogP contribution in [-0.2, 0) is 11.2 Å². The number of carbonyl (C=O) groups is 2. The van der Waals surface area contributed by atoms with Gasteiger partial charge < -0.3 is 10.2 Å². The van der Waals surface area contributed by atoms with Gasteiger partial charge in [0.2, 0.25) is 5.91 Å². The number of amides is 2. The maximum absolute atomic E-state index is 12.8. The van der Waals surface area contributed by atoms with Crippen molar-refractivity contribution in [2.45, 2.75) is 40.0 Å². The van der Waals surface area contributed by atoms with Crippen molar-refractivity contribution in [3.8, 4) is 0 Å². The molecule has 0 spiro atoms. The van der Waals surface area contributed by atoms with E-state index in [4.69, 9.17) is 0 Å². The Kier molecular flexibility index (Phi) is 5.71. The number of likely N-dealkylation sites (tertiary alicyclic amines) is 1. The summed E-state index contributed by atoms with van der Waals surface area (Å²) in [6.45, 7) is 7.29. The van der Waals surface area contributed by atoms with Crippen molar-refractivity contribution in [3.05, 3.63) is 45.3 Å². The van der Waals surface area contributed by atoms with Crippen molar-refractivity contribution in [1.82, 2.24) is 9.88 Å². The summed E-state index contributed by atoms with van der Waals surface area (Å²) in [5, 5.41) is 2.88. The Morgan fingerprint density at radius 3 is 2.81 bits per heavy atom. The molecule has 1 N–H and O–H groups in total. The number of aryl methyl sites for hydroxylation is 3. The summed E-state index contributed by atoms with van der Waals surface area (Å²) < 4.78 is 0. The summed E-state index contributed by atoms with van der Waals surface area (Å²) in [5.41, 5.74) is 2.28. The number of rotatable bonds is 4. The van der Waals surface area contributed by atoms with E-state index in [0.29, 0.717) is 18.9 Å². The lowest BCUT2D eigenvalue weighted by atomic mass is 9.97. The highest BCUT2D eigenvalue weighted by Crippen LogP contribution is 2.26. The quantitative estimate of drug-likeness (QED) is 0.889. The van der Waals surface area contributed by atoms with Crippen LogP contribution in [0.1, 0.15) is 45.4 Å². The minimum Gasteiger partial charge on any atom is -0.337 e. The first-order valence-electron chi connectivity index (χ1n) is 9.10. The molecule has 0 radical (unpaired) electrons. The average Bonchev–Trinajstić information content (AvgIpc) is 3.04. The fourth-order valence-electron chi connectivity index (χ4n) is 3.28. The van der Waals surface area contributed by atoms with E-state index in [2.05, 4.69) is 24.1 Å². The topological polar surface area (TPSA) is 62.3 Å². The van der Waals surface area contributed by atoms with Gasteiger partial charge in [-0.15, -0.1) is 11.3 Å². The number of nitrogens with one attached hydrogen (secondary N) is 1. The summed E-state index contributed by atoms with van der Waals surface area (Å²) in [7, 11) is 0. The van der Waals surface area contributed by atoms with Crippen molar-refractivity contribution in [2.75, 3.05) is 18.4 Å². The van der Waals surface area contributed by atoms with Gasteiger partial charge in [0.1, 0.15) is 5.82 Å². The van der Waals surface area contributed by atoms with E-state index in [1.54, 1.807) is 23.6 Å². The molecule has 2 aromatic heterocycles. The number of aromatic nitrogens is 1. The van der Waals surface area contributed by atoms with E-state index in [9.17, 15) is 9.59 Å². The highest BCUT2D eigenvalue weighted by Gasteiger charge is 2.30. The average molecular weight is 372 g/mol. The number of nitrogens with zero attached hydrogens (tertiary/aromatic N) is 2. The third kappa shape index (κ3) is 4.12. The molecule has 2 aromatic rings. The van der Waals surface area contributed by atoms with E-state index in [0.717, 1.165) is 29.7 Å². The molecule has 26 heavy (non-hydrogen) atoms. The summed E-state index contributed by atoms with van der Waals surface area (Å²) in [6.07, 6.45) is 4.31. The summed E-state index contributed by atoms with van der Waals surface area (Å²) in [6, 6.07) is 5.73. The highest BCUT2D eigenvalue weighted by molar-refractivity contribution is 7.14. The summed E-state index contributed by atoms with van der Waals surface area (Å²) in [5.74, 6) is 0.354. The first-order valence-corrected chi connectivity index (χ1v) is 9.91. The lowest BCUT2D eigenvalue weighted by Crippen LogP contribution is -2.43. The zero-order chi connectivity index (χ0) is 18.7. The molecule has 2 amide bonds. The number of hydrogen-bond donors (Lipinski definition) is 1. The SMILES string of the molecule is CCc1cc(C(=O)N2CCCC(C(=O)Nc3ccc(C)cn3)C2)sc1C. The molecule has 1 unspecified atom stereocenters. The fourth-order valence-corrected chi connectivity index (χ4v) is 4.36. The molecule has 138 valence electrons. The second-order valence-corrected chi connectivity index (χ2v) is 8.10. The van der Waals surface area contributed by atoms with Gasteiger partial charge in [-0.25, -0.2) is 4.98 Å². The predicted molar refractivity (Wildman–Crippen MR) is 105 cm³/mol. The summed E-state index contributed by atoms with van der Waals surface area (Å²) in [4.78, 5) is 33.4. The molecular formula is C20H25N3O2S. The molecular weight excluding hydrogens is 346 g/mol. The van der Waals surface area contributed by atoms with Gasteiger partial charge in [-0.1, -0.05) is 13.0 Å². The Morgan fingerprint density at radius 1 is 1.35 bits per heavy atom. The van der Waals surface area contributed by atoms with E-state index in [-0.39, 0.29) is 17.7 Å². The minimum absolute atomic E-state index is 0.0451. The van der Waals surface area contributed by atoms with E-state index >= 15 is 0 Å². The van der Waals surface area contributed by atoms with Crippen molar-refractivity contribution >= 4 is 29.0 Å². The molecule has 1 aliphatic rings. The van der Waals surface area contributed by atoms with Crippen LogP contribution in [0.25, 0.3) is 0 Å². The van der Waals surface area contributed by atoms with Crippen LogP contribution >= 0.6 is 11.3 Å². The molecule has 5 nitrogen and oxygen atoms in total. The number of carbonyl (C=O) groups excluding carboxylic acids is 2. The molecule has 6 heteroatoms. The number of pyridine rings is 1. The molecule has 3 rings (SSSR count). The lowest BCUT2D eigenvalue weighted by Gasteiger charge is -2.31. The Morgan fingerprint density at radius 2 is 2.15 bits per heavy atom. The van der Waals surface area contributed by atoms with E-state index < -0.39 is 0 Å². The largest absolute Gasteiger partial charge is 0.337 e. The minimum atomic E-state index is -0.192. The summed E-state index contributed by atoms with van der Waals surface area (Å²) >= 11 is 1.55. The molecule has 0 bridgehead atoms. The predicted octanol–water partition coefficient (Wildman–Crippen LogP) is 3.81. The normalized spacial score (nSPS) is 17.2. The molecule has 1 fully saturated rings. The van der Waals surface area contributed by atoms with Crippen LogP contribution in [0.4, 0.5) is 5.82 Å². The van der Waals surface area contributed by atoms with E-state index in [1.165, 1.54) is 10.4 Å². The van der Waals surface area contributed by atoms with Crippen molar-refractivity contribution in [1.29, 1.82) is 0 Å². The number of thiophene rings is 1. The van der Waals surface area contributed by atoms with Gasteiger partial charge in [0, 0.05) is 24.2 Å². The molecule has 0 aromatic carbocycles. The van der Waals surface area contributed by atoms with Gasteiger partial charge in [-0.2, -0.15) is 0 Å². The Bertz CT molecular complexity index is 798.